The Balaban J connectivity index is 2.09. The molecule has 20 heavy (non-hydrogen) atoms. The average molecular weight is 282 g/mol. The highest BCUT2D eigenvalue weighted by Crippen LogP contribution is 2.22. The number of ether oxygens (including phenoxy) is 1. The fourth-order valence-electron chi connectivity index (χ4n) is 1.74. The van der Waals surface area contributed by atoms with Crippen LogP contribution in [0.15, 0.2) is 36.4 Å². The molecule has 0 saturated heterocycles. The summed E-state index contributed by atoms with van der Waals surface area (Å²) in [4.78, 5) is 0. The van der Waals surface area contributed by atoms with Crippen molar-refractivity contribution in [2.24, 2.45) is 0 Å². The number of aliphatic hydroxyl groups excluding tert-OH is 1. The standard InChI is InChI=1S/C15H13F3O2/c1-9(19)13-5-4-12(7-15(13)18)20-8-10-2-3-11(16)6-14(10)17/h2-7,9,19H,8H2,1H3. The van der Waals surface area contributed by atoms with Crippen LogP contribution in [0.1, 0.15) is 24.2 Å². The molecular formula is C15H13F3O2. The summed E-state index contributed by atoms with van der Waals surface area (Å²) in [5.74, 6) is -1.78. The van der Waals surface area contributed by atoms with E-state index < -0.39 is 23.6 Å². The molecule has 1 N–H and O–H groups in total. The zero-order valence-corrected chi connectivity index (χ0v) is 10.7. The summed E-state index contributed by atoms with van der Waals surface area (Å²) in [5.41, 5.74) is 0.330. The van der Waals surface area contributed by atoms with Gasteiger partial charge in [0.15, 0.2) is 0 Å². The molecule has 5 heteroatoms. The lowest BCUT2D eigenvalue weighted by atomic mass is 10.1. The summed E-state index contributed by atoms with van der Waals surface area (Å²) >= 11 is 0. The first-order valence-corrected chi connectivity index (χ1v) is 6.01. The predicted molar refractivity (Wildman–Crippen MR) is 67.7 cm³/mol. The number of hydrogen-bond donors (Lipinski definition) is 1. The third-order valence-corrected chi connectivity index (χ3v) is 2.83. The summed E-state index contributed by atoms with van der Waals surface area (Å²) in [7, 11) is 0. The van der Waals surface area contributed by atoms with Crippen LogP contribution in [0, 0.1) is 17.5 Å². The number of rotatable bonds is 4. The highest BCUT2D eigenvalue weighted by Gasteiger charge is 2.10. The fourth-order valence-corrected chi connectivity index (χ4v) is 1.74. The Labute approximate surface area is 114 Å². The maximum Gasteiger partial charge on any atom is 0.132 e. The first kappa shape index (κ1) is 14.4. The molecule has 2 nitrogen and oxygen atoms in total. The zero-order chi connectivity index (χ0) is 14.7. The SMILES string of the molecule is CC(O)c1ccc(OCc2ccc(F)cc2F)cc1F. The van der Waals surface area contributed by atoms with E-state index >= 15 is 0 Å². The van der Waals surface area contributed by atoms with Crippen molar-refractivity contribution in [3.05, 3.63) is 65.0 Å². The first-order chi connectivity index (χ1) is 9.47. The van der Waals surface area contributed by atoms with Crippen molar-refractivity contribution in [2.45, 2.75) is 19.6 Å². The Morgan fingerprint density at radius 3 is 2.40 bits per heavy atom. The van der Waals surface area contributed by atoms with E-state index in [-0.39, 0.29) is 23.5 Å². The second-order valence-electron chi connectivity index (χ2n) is 4.38. The van der Waals surface area contributed by atoms with Crippen LogP contribution in [-0.4, -0.2) is 5.11 Å². The van der Waals surface area contributed by atoms with Gasteiger partial charge in [-0.05, 0) is 31.2 Å². The van der Waals surface area contributed by atoms with Gasteiger partial charge >= 0.3 is 0 Å². The van der Waals surface area contributed by atoms with Gasteiger partial charge in [0.2, 0.25) is 0 Å². The molecule has 0 fully saturated rings. The summed E-state index contributed by atoms with van der Waals surface area (Å²) < 4.78 is 44.9. The molecule has 0 radical (unpaired) electrons. The maximum atomic E-state index is 13.6. The summed E-state index contributed by atoms with van der Waals surface area (Å²) in [6, 6.07) is 7.15. The molecule has 0 saturated carbocycles. The van der Waals surface area contributed by atoms with Crippen LogP contribution in [-0.2, 0) is 6.61 Å². The normalized spacial score (nSPS) is 12.2. The van der Waals surface area contributed by atoms with Gasteiger partial charge in [0.05, 0.1) is 6.10 Å². The van der Waals surface area contributed by atoms with Crippen LogP contribution in [0.4, 0.5) is 13.2 Å². The van der Waals surface area contributed by atoms with Crippen molar-refractivity contribution < 1.29 is 23.0 Å². The molecule has 0 amide bonds. The second kappa shape index (κ2) is 5.96. The highest BCUT2D eigenvalue weighted by atomic mass is 19.1. The lowest BCUT2D eigenvalue weighted by Gasteiger charge is -2.10. The summed E-state index contributed by atoms with van der Waals surface area (Å²) in [6.45, 7) is 1.31. The van der Waals surface area contributed by atoms with Crippen molar-refractivity contribution in [3.8, 4) is 5.75 Å². The van der Waals surface area contributed by atoms with Crippen molar-refractivity contribution in [1.82, 2.24) is 0 Å². The number of halogens is 3. The molecule has 2 rings (SSSR count). The molecule has 0 aromatic heterocycles. The largest absolute Gasteiger partial charge is 0.489 e. The minimum atomic E-state index is -0.918. The molecule has 1 atom stereocenters. The Kier molecular flexibility index (Phi) is 4.29. The second-order valence-corrected chi connectivity index (χ2v) is 4.38. The van der Waals surface area contributed by atoms with Crippen LogP contribution >= 0.6 is 0 Å². The van der Waals surface area contributed by atoms with E-state index in [1.54, 1.807) is 0 Å². The molecule has 0 heterocycles. The minimum absolute atomic E-state index is 0.139. The van der Waals surface area contributed by atoms with Gasteiger partial charge in [0, 0.05) is 23.3 Å². The highest BCUT2D eigenvalue weighted by molar-refractivity contribution is 5.30. The Bertz CT molecular complexity index is 612. The van der Waals surface area contributed by atoms with Crippen molar-refractivity contribution in [3.63, 3.8) is 0 Å². The van der Waals surface area contributed by atoms with Gasteiger partial charge in [-0.2, -0.15) is 0 Å². The van der Waals surface area contributed by atoms with Crippen LogP contribution in [0.25, 0.3) is 0 Å². The predicted octanol–water partition coefficient (Wildman–Crippen LogP) is 3.74. The number of hydrogen-bond acceptors (Lipinski definition) is 2. The third-order valence-electron chi connectivity index (χ3n) is 2.83. The van der Waals surface area contributed by atoms with Crippen LogP contribution in [0.3, 0.4) is 0 Å². The number of aliphatic hydroxyl groups is 1. The van der Waals surface area contributed by atoms with Crippen LogP contribution < -0.4 is 4.74 Å². The van der Waals surface area contributed by atoms with E-state index in [0.717, 1.165) is 18.2 Å². The molecule has 106 valence electrons. The molecule has 2 aromatic carbocycles. The quantitative estimate of drug-likeness (QED) is 0.925. The average Bonchev–Trinajstić information content (AvgIpc) is 2.37. The molecular weight excluding hydrogens is 269 g/mol. The minimum Gasteiger partial charge on any atom is -0.489 e. The topological polar surface area (TPSA) is 29.5 Å². The monoisotopic (exact) mass is 282 g/mol. The Morgan fingerprint density at radius 2 is 1.80 bits per heavy atom. The maximum absolute atomic E-state index is 13.6. The van der Waals surface area contributed by atoms with Gasteiger partial charge in [-0.25, -0.2) is 13.2 Å². The Morgan fingerprint density at radius 1 is 1.05 bits per heavy atom. The smallest absolute Gasteiger partial charge is 0.132 e. The van der Waals surface area contributed by atoms with E-state index in [1.807, 2.05) is 0 Å². The molecule has 0 spiro atoms. The van der Waals surface area contributed by atoms with Gasteiger partial charge < -0.3 is 9.84 Å². The van der Waals surface area contributed by atoms with Crippen molar-refractivity contribution >= 4 is 0 Å². The molecule has 1 unspecified atom stereocenters. The molecule has 0 aliphatic rings. The van der Waals surface area contributed by atoms with Crippen molar-refractivity contribution in [1.29, 1.82) is 0 Å². The lowest BCUT2D eigenvalue weighted by Crippen LogP contribution is -2.01. The van der Waals surface area contributed by atoms with Crippen LogP contribution in [0.5, 0.6) is 5.75 Å². The Hall–Kier alpha value is -2.01. The van der Waals surface area contributed by atoms with E-state index in [9.17, 15) is 18.3 Å². The van der Waals surface area contributed by atoms with E-state index in [1.165, 1.54) is 25.1 Å². The van der Waals surface area contributed by atoms with Gasteiger partial charge in [-0.1, -0.05) is 0 Å². The third kappa shape index (κ3) is 3.30. The molecule has 0 bridgehead atoms. The van der Waals surface area contributed by atoms with E-state index in [2.05, 4.69) is 0 Å². The fraction of sp³-hybridized carbons (Fsp3) is 0.200. The summed E-state index contributed by atoms with van der Waals surface area (Å²) in [5, 5.41) is 9.30. The van der Waals surface area contributed by atoms with Gasteiger partial charge in [-0.3, -0.25) is 0 Å². The van der Waals surface area contributed by atoms with Gasteiger partial charge in [0.25, 0.3) is 0 Å². The molecule has 2 aromatic rings. The zero-order valence-electron chi connectivity index (χ0n) is 10.7. The van der Waals surface area contributed by atoms with Gasteiger partial charge in [0.1, 0.15) is 29.8 Å². The summed E-state index contributed by atoms with van der Waals surface area (Å²) in [6.07, 6.45) is -0.918. The van der Waals surface area contributed by atoms with E-state index in [0.29, 0.717) is 0 Å². The van der Waals surface area contributed by atoms with Crippen molar-refractivity contribution in [2.75, 3.05) is 0 Å². The molecule has 0 aliphatic heterocycles. The van der Waals surface area contributed by atoms with Gasteiger partial charge in [-0.15, -0.1) is 0 Å². The van der Waals surface area contributed by atoms with E-state index in [4.69, 9.17) is 4.74 Å². The lowest BCUT2D eigenvalue weighted by molar-refractivity contribution is 0.194. The number of benzene rings is 2. The first-order valence-electron chi connectivity index (χ1n) is 6.01. The van der Waals surface area contributed by atoms with Crippen LogP contribution in [0.2, 0.25) is 0 Å². The molecule has 0 aliphatic carbocycles.